The number of pyridine rings is 1. The van der Waals surface area contributed by atoms with Crippen LogP contribution in [0.25, 0.3) is 17.0 Å². The number of fused-ring (bicyclic) bond motifs is 1. The zero-order valence-electron chi connectivity index (χ0n) is 9.62. The highest BCUT2D eigenvalue weighted by Crippen LogP contribution is 2.21. The van der Waals surface area contributed by atoms with Gasteiger partial charge in [0.05, 0.1) is 5.56 Å². The Bertz CT molecular complexity index is 782. The number of carboxylic acid groups (broad SMARTS) is 1. The number of aromatic carboxylic acids is 1. The van der Waals surface area contributed by atoms with Crippen molar-refractivity contribution >= 4 is 27.5 Å². The van der Waals surface area contributed by atoms with Gasteiger partial charge in [-0.3, -0.25) is 4.40 Å². The molecule has 0 aliphatic rings. The highest BCUT2D eigenvalue weighted by molar-refractivity contribution is 9.10. The summed E-state index contributed by atoms with van der Waals surface area (Å²) in [5.41, 5.74) is 1.65. The van der Waals surface area contributed by atoms with Gasteiger partial charge in [0.1, 0.15) is 0 Å². The highest BCUT2D eigenvalue weighted by atomic mass is 79.9. The molecular formula is C13H8BrN3O2. The van der Waals surface area contributed by atoms with Crippen molar-refractivity contribution in [2.45, 2.75) is 0 Å². The van der Waals surface area contributed by atoms with Gasteiger partial charge in [-0.25, -0.2) is 4.79 Å². The number of carboxylic acids is 1. The number of nitrogens with zero attached hydrogens (tertiary/aromatic N) is 3. The molecule has 0 saturated carbocycles. The van der Waals surface area contributed by atoms with E-state index in [0.717, 1.165) is 4.47 Å². The monoisotopic (exact) mass is 317 g/mol. The molecule has 2 heterocycles. The van der Waals surface area contributed by atoms with Crippen LogP contribution in [-0.4, -0.2) is 25.7 Å². The lowest BCUT2D eigenvalue weighted by molar-refractivity contribution is 0.0697. The van der Waals surface area contributed by atoms with Gasteiger partial charge in [0.2, 0.25) is 0 Å². The maximum absolute atomic E-state index is 11.0. The Labute approximate surface area is 116 Å². The maximum atomic E-state index is 11.0. The average molecular weight is 318 g/mol. The molecule has 0 spiro atoms. The SMILES string of the molecule is O=C(O)c1cccc(-c2nnc3ccc(Br)cn23)c1. The van der Waals surface area contributed by atoms with Crippen molar-refractivity contribution in [2.24, 2.45) is 0 Å². The average Bonchev–Trinajstić information content (AvgIpc) is 2.81. The molecule has 2 aromatic heterocycles. The third-order valence-corrected chi connectivity index (χ3v) is 3.20. The second kappa shape index (κ2) is 4.47. The lowest BCUT2D eigenvalue weighted by atomic mass is 10.1. The van der Waals surface area contributed by atoms with Crippen molar-refractivity contribution in [1.29, 1.82) is 0 Å². The van der Waals surface area contributed by atoms with Gasteiger partial charge in [0.25, 0.3) is 0 Å². The molecule has 0 fully saturated rings. The molecule has 0 saturated heterocycles. The molecule has 0 amide bonds. The number of hydrogen-bond acceptors (Lipinski definition) is 3. The van der Waals surface area contributed by atoms with Crippen molar-refractivity contribution in [3.05, 3.63) is 52.6 Å². The van der Waals surface area contributed by atoms with Gasteiger partial charge in [-0.1, -0.05) is 12.1 Å². The summed E-state index contributed by atoms with van der Waals surface area (Å²) in [4.78, 5) is 11.0. The van der Waals surface area contributed by atoms with E-state index in [9.17, 15) is 4.79 Å². The van der Waals surface area contributed by atoms with E-state index in [-0.39, 0.29) is 5.56 Å². The van der Waals surface area contributed by atoms with Gasteiger partial charge in [-0.05, 0) is 40.2 Å². The van der Waals surface area contributed by atoms with Crippen molar-refractivity contribution in [1.82, 2.24) is 14.6 Å². The lowest BCUT2D eigenvalue weighted by Crippen LogP contribution is -1.97. The highest BCUT2D eigenvalue weighted by Gasteiger charge is 2.10. The molecular weight excluding hydrogens is 310 g/mol. The van der Waals surface area contributed by atoms with Gasteiger partial charge in [0, 0.05) is 16.2 Å². The summed E-state index contributed by atoms with van der Waals surface area (Å²) >= 11 is 3.39. The molecule has 0 atom stereocenters. The zero-order valence-corrected chi connectivity index (χ0v) is 11.2. The molecule has 94 valence electrons. The number of hydrogen-bond donors (Lipinski definition) is 1. The standard InChI is InChI=1S/C13H8BrN3O2/c14-10-4-5-11-15-16-12(17(11)7-10)8-2-1-3-9(6-8)13(18)19/h1-7H,(H,18,19). The lowest BCUT2D eigenvalue weighted by Gasteiger charge is -2.02. The van der Waals surface area contributed by atoms with Crippen LogP contribution in [0.4, 0.5) is 0 Å². The third kappa shape index (κ3) is 2.10. The molecule has 0 aliphatic carbocycles. The molecule has 1 aromatic carbocycles. The van der Waals surface area contributed by atoms with Crippen molar-refractivity contribution in [3.8, 4) is 11.4 Å². The van der Waals surface area contributed by atoms with Gasteiger partial charge < -0.3 is 5.11 Å². The number of carbonyl (C=O) groups is 1. The van der Waals surface area contributed by atoms with Gasteiger partial charge in [-0.2, -0.15) is 0 Å². The molecule has 0 bridgehead atoms. The summed E-state index contributed by atoms with van der Waals surface area (Å²) in [5, 5.41) is 17.2. The summed E-state index contributed by atoms with van der Waals surface area (Å²) in [6, 6.07) is 10.3. The summed E-state index contributed by atoms with van der Waals surface area (Å²) in [7, 11) is 0. The van der Waals surface area contributed by atoms with E-state index in [2.05, 4.69) is 26.1 Å². The van der Waals surface area contributed by atoms with E-state index in [1.54, 1.807) is 18.2 Å². The van der Waals surface area contributed by atoms with Crippen LogP contribution >= 0.6 is 15.9 Å². The fourth-order valence-electron chi connectivity index (χ4n) is 1.85. The topological polar surface area (TPSA) is 67.5 Å². The van der Waals surface area contributed by atoms with E-state index in [4.69, 9.17) is 5.11 Å². The Kier molecular flexibility index (Phi) is 2.79. The fourth-order valence-corrected chi connectivity index (χ4v) is 2.19. The smallest absolute Gasteiger partial charge is 0.335 e. The molecule has 0 radical (unpaired) electrons. The minimum absolute atomic E-state index is 0.226. The summed E-state index contributed by atoms with van der Waals surface area (Å²) in [6.07, 6.45) is 1.85. The summed E-state index contributed by atoms with van der Waals surface area (Å²) in [6.45, 7) is 0. The number of halogens is 1. The maximum Gasteiger partial charge on any atom is 0.335 e. The van der Waals surface area contributed by atoms with Gasteiger partial charge >= 0.3 is 5.97 Å². The Morgan fingerprint density at radius 3 is 2.84 bits per heavy atom. The third-order valence-electron chi connectivity index (χ3n) is 2.73. The predicted molar refractivity (Wildman–Crippen MR) is 73.1 cm³/mol. The van der Waals surface area contributed by atoms with Crippen LogP contribution in [0.3, 0.4) is 0 Å². The first kappa shape index (κ1) is 11.9. The van der Waals surface area contributed by atoms with Gasteiger partial charge in [-0.15, -0.1) is 10.2 Å². The first-order valence-corrected chi connectivity index (χ1v) is 6.28. The molecule has 3 rings (SSSR count). The number of aromatic nitrogens is 3. The van der Waals surface area contributed by atoms with E-state index < -0.39 is 5.97 Å². The number of rotatable bonds is 2. The largest absolute Gasteiger partial charge is 0.478 e. The normalized spacial score (nSPS) is 10.8. The van der Waals surface area contributed by atoms with Crippen LogP contribution in [0.2, 0.25) is 0 Å². The Hall–Kier alpha value is -2.21. The fraction of sp³-hybridized carbons (Fsp3) is 0. The van der Waals surface area contributed by atoms with E-state index in [0.29, 0.717) is 17.0 Å². The molecule has 1 N–H and O–H groups in total. The van der Waals surface area contributed by atoms with Crippen LogP contribution in [0.5, 0.6) is 0 Å². The molecule has 0 unspecified atom stereocenters. The Morgan fingerprint density at radius 2 is 2.05 bits per heavy atom. The molecule has 19 heavy (non-hydrogen) atoms. The van der Waals surface area contributed by atoms with Crippen molar-refractivity contribution in [2.75, 3.05) is 0 Å². The van der Waals surface area contributed by atoms with Crippen LogP contribution in [0.1, 0.15) is 10.4 Å². The predicted octanol–water partition coefficient (Wildman–Crippen LogP) is 2.86. The van der Waals surface area contributed by atoms with Crippen molar-refractivity contribution < 1.29 is 9.90 Å². The molecule has 5 nitrogen and oxygen atoms in total. The molecule has 0 aliphatic heterocycles. The summed E-state index contributed by atoms with van der Waals surface area (Å²) < 4.78 is 2.71. The van der Waals surface area contributed by atoms with Crippen LogP contribution in [0, 0.1) is 0 Å². The minimum atomic E-state index is -0.961. The Balaban J connectivity index is 2.21. The molecule has 6 heteroatoms. The van der Waals surface area contributed by atoms with Crippen LogP contribution in [0.15, 0.2) is 47.1 Å². The first-order chi connectivity index (χ1) is 9.15. The summed E-state index contributed by atoms with van der Waals surface area (Å²) in [5.74, 6) is -0.351. The quantitative estimate of drug-likeness (QED) is 0.789. The Morgan fingerprint density at radius 1 is 1.21 bits per heavy atom. The van der Waals surface area contributed by atoms with Gasteiger partial charge in [0.15, 0.2) is 11.5 Å². The number of benzene rings is 1. The minimum Gasteiger partial charge on any atom is -0.478 e. The second-order valence-corrected chi connectivity index (χ2v) is 4.90. The van der Waals surface area contributed by atoms with Crippen LogP contribution < -0.4 is 0 Å². The van der Waals surface area contributed by atoms with Crippen molar-refractivity contribution in [3.63, 3.8) is 0 Å². The van der Waals surface area contributed by atoms with Crippen LogP contribution in [-0.2, 0) is 0 Å². The molecule has 3 aromatic rings. The van der Waals surface area contributed by atoms with E-state index >= 15 is 0 Å². The second-order valence-electron chi connectivity index (χ2n) is 3.99. The van der Waals surface area contributed by atoms with E-state index in [1.165, 1.54) is 0 Å². The van der Waals surface area contributed by atoms with E-state index in [1.807, 2.05) is 28.8 Å². The zero-order chi connectivity index (χ0) is 13.4. The first-order valence-electron chi connectivity index (χ1n) is 5.49.